The molecule has 0 spiro atoms. The minimum atomic E-state index is -0.449. The van der Waals surface area contributed by atoms with Crippen molar-refractivity contribution in [3.63, 3.8) is 0 Å². The van der Waals surface area contributed by atoms with Crippen molar-refractivity contribution >= 4 is 11.6 Å². The first kappa shape index (κ1) is 13.9. The minimum Gasteiger partial charge on any atom is -0.334 e. The Labute approximate surface area is 125 Å². The van der Waals surface area contributed by atoms with E-state index < -0.39 is 5.82 Å². The molecule has 2 aromatic carbocycles. The molecule has 0 saturated heterocycles. The van der Waals surface area contributed by atoms with E-state index in [-0.39, 0.29) is 11.5 Å². The van der Waals surface area contributed by atoms with Gasteiger partial charge in [-0.15, -0.1) is 0 Å². The third-order valence-electron chi connectivity index (χ3n) is 3.00. The van der Waals surface area contributed by atoms with Crippen molar-refractivity contribution in [3.05, 3.63) is 65.7 Å². The Hall–Kier alpha value is -3.02. The molecule has 0 unspecified atom stereocenters. The van der Waals surface area contributed by atoms with Crippen LogP contribution in [0.1, 0.15) is 16.2 Å². The smallest absolute Gasteiger partial charge is 0.257 e. The highest BCUT2D eigenvalue weighted by Gasteiger charge is 2.09. The molecule has 3 aromatic rings. The molecule has 110 valence electrons. The van der Waals surface area contributed by atoms with Crippen LogP contribution in [-0.4, -0.2) is 16.0 Å². The first-order chi connectivity index (χ1) is 10.6. The Morgan fingerprint density at radius 3 is 2.59 bits per heavy atom. The van der Waals surface area contributed by atoms with E-state index in [1.807, 2.05) is 0 Å². The second-order valence-corrected chi connectivity index (χ2v) is 4.69. The lowest BCUT2D eigenvalue weighted by Crippen LogP contribution is -2.11. The van der Waals surface area contributed by atoms with Gasteiger partial charge < -0.3 is 9.84 Å². The number of amides is 1. The summed E-state index contributed by atoms with van der Waals surface area (Å²) in [7, 11) is 0. The highest BCUT2D eigenvalue weighted by molar-refractivity contribution is 6.04. The van der Waals surface area contributed by atoms with Gasteiger partial charge in [-0.2, -0.15) is 4.98 Å². The van der Waals surface area contributed by atoms with E-state index in [0.717, 1.165) is 5.56 Å². The monoisotopic (exact) mass is 297 g/mol. The average Bonchev–Trinajstić information content (AvgIpc) is 2.94. The number of halogens is 1. The number of rotatable bonds is 3. The second-order valence-electron chi connectivity index (χ2n) is 4.69. The van der Waals surface area contributed by atoms with E-state index in [0.29, 0.717) is 17.4 Å². The molecule has 1 N–H and O–H groups in total. The van der Waals surface area contributed by atoms with E-state index in [2.05, 4.69) is 15.5 Å². The molecule has 1 heterocycles. The fourth-order valence-corrected chi connectivity index (χ4v) is 1.94. The Morgan fingerprint density at radius 1 is 1.18 bits per heavy atom. The summed E-state index contributed by atoms with van der Waals surface area (Å²) in [5.74, 6) is 0.148. The number of anilines is 1. The molecule has 3 rings (SSSR count). The molecule has 22 heavy (non-hydrogen) atoms. The van der Waals surface area contributed by atoms with Crippen LogP contribution in [0.15, 0.2) is 53.1 Å². The highest BCUT2D eigenvalue weighted by atomic mass is 19.1. The van der Waals surface area contributed by atoms with Crippen molar-refractivity contribution < 1.29 is 13.7 Å². The maximum Gasteiger partial charge on any atom is 0.257 e. The molecule has 0 aliphatic heterocycles. The van der Waals surface area contributed by atoms with Gasteiger partial charge in [0.1, 0.15) is 5.82 Å². The van der Waals surface area contributed by atoms with Gasteiger partial charge in [0.15, 0.2) is 5.82 Å². The molecular weight excluding hydrogens is 285 g/mol. The summed E-state index contributed by atoms with van der Waals surface area (Å²) in [6.45, 7) is 1.74. The Morgan fingerprint density at radius 2 is 1.95 bits per heavy atom. The molecule has 0 saturated carbocycles. The maximum atomic E-state index is 13.1. The van der Waals surface area contributed by atoms with Gasteiger partial charge in [0.05, 0.1) is 0 Å². The number of carbonyl (C=O) groups is 1. The van der Waals surface area contributed by atoms with Crippen molar-refractivity contribution in [2.45, 2.75) is 6.92 Å². The molecule has 0 fully saturated rings. The zero-order chi connectivity index (χ0) is 15.5. The minimum absolute atomic E-state index is 0.261. The predicted octanol–water partition coefficient (Wildman–Crippen LogP) is 3.44. The molecular formula is C16H12FN3O2. The molecule has 0 aliphatic carbocycles. The SMILES string of the molecule is Cc1noc(-c2ccc(NC(=O)c3cccc(F)c3)cc2)n1. The van der Waals surface area contributed by atoms with Crippen molar-refractivity contribution in [3.8, 4) is 11.5 Å². The molecule has 6 heteroatoms. The predicted molar refractivity (Wildman–Crippen MR) is 78.8 cm³/mol. The molecule has 5 nitrogen and oxygen atoms in total. The van der Waals surface area contributed by atoms with Crippen LogP contribution < -0.4 is 5.32 Å². The number of aryl methyl sites for hydroxylation is 1. The Bertz CT molecular complexity index is 812. The largest absolute Gasteiger partial charge is 0.334 e. The van der Waals surface area contributed by atoms with Crippen LogP contribution in [0.4, 0.5) is 10.1 Å². The lowest BCUT2D eigenvalue weighted by Gasteiger charge is -2.05. The van der Waals surface area contributed by atoms with Crippen molar-refractivity contribution in [2.75, 3.05) is 5.32 Å². The quantitative estimate of drug-likeness (QED) is 0.804. The third-order valence-corrected chi connectivity index (χ3v) is 3.00. The Balaban J connectivity index is 1.75. The van der Waals surface area contributed by atoms with Gasteiger partial charge in [-0.25, -0.2) is 4.39 Å². The number of hydrogen-bond donors (Lipinski definition) is 1. The standard InChI is InChI=1S/C16H12FN3O2/c1-10-18-16(22-20-10)11-5-7-14(8-6-11)19-15(21)12-3-2-4-13(17)9-12/h2-9H,1H3,(H,19,21). The van der Waals surface area contributed by atoms with Gasteiger partial charge in [0.2, 0.25) is 0 Å². The van der Waals surface area contributed by atoms with E-state index in [1.165, 1.54) is 18.2 Å². The molecule has 0 bridgehead atoms. The van der Waals surface area contributed by atoms with Crippen molar-refractivity contribution in [2.24, 2.45) is 0 Å². The fourth-order valence-electron chi connectivity index (χ4n) is 1.94. The zero-order valence-electron chi connectivity index (χ0n) is 11.7. The van der Waals surface area contributed by atoms with Crippen LogP contribution in [0.3, 0.4) is 0 Å². The van der Waals surface area contributed by atoms with Gasteiger partial charge in [0.25, 0.3) is 11.8 Å². The highest BCUT2D eigenvalue weighted by Crippen LogP contribution is 2.20. The first-order valence-corrected chi connectivity index (χ1v) is 6.59. The number of nitrogens with one attached hydrogen (secondary N) is 1. The molecule has 0 radical (unpaired) electrons. The van der Waals surface area contributed by atoms with Gasteiger partial charge in [-0.05, 0) is 49.4 Å². The summed E-state index contributed by atoms with van der Waals surface area (Å²) in [6, 6.07) is 12.5. The van der Waals surface area contributed by atoms with Crippen LogP contribution >= 0.6 is 0 Å². The summed E-state index contributed by atoms with van der Waals surface area (Å²) < 4.78 is 18.2. The topological polar surface area (TPSA) is 68.0 Å². The number of carbonyl (C=O) groups excluding carboxylic acids is 1. The number of nitrogens with zero attached hydrogens (tertiary/aromatic N) is 2. The molecule has 1 aromatic heterocycles. The number of benzene rings is 2. The van der Waals surface area contributed by atoms with Crippen LogP contribution in [0.5, 0.6) is 0 Å². The fraction of sp³-hybridized carbons (Fsp3) is 0.0625. The molecule has 1 amide bonds. The lowest BCUT2D eigenvalue weighted by molar-refractivity contribution is 0.102. The number of aromatic nitrogens is 2. The summed E-state index contributed by atoms with van der Waals surface area (Å²) >= 11 is 0. The van der Waals surface area contributed by atoms with Gasteiger partial charge in [-0.3, -0.25) is 4.79 Å². The second kappa shape index (κ2) is 5.77. The van der Waals surface area contributed by atoms with Crippen LogP contribution in [0.2, 0.25) is 0 Å². The van der Waals surface area contributed by atoms with Gasteiger partial charge >= 0.3 is 0 Å². The van der Waals surface area contributed by atoms with Crippen molar-refractivity contribution in [1.29, 1.82) is 0 Å². The summed E-state index contributed by atoms with van der Waals surface area (Å²) in [5.41, 5.74) is 1.61. The van der Waals surface area contributed by atoms with Crippen LogP contribution in [-0.2, 0) is 0 Å². The van der Waals surface area contributed by atoms with Crippen LogP contribution in [0.25, 0.3) is 11.5 Å². The maximum absolute atomic E-state index is 13.1. The van der Waals surface area contributed by atoms with E-state index in [1.54, 1.807) is 37.3 Å². The van der Waals surface area contributed by atoms with Gasteiger partial charge in [-0.1, -0.05) is 11.2 Å². The number of hydrogen-bond acceptors (Lipinski definition) is 4. The van der Waals surface area contributed by atoms with Crippen LogP contribution in [0, 0.1) is 12.7 Å². The molecule has 0 aliphatic rings. The van der Waals surface area contributed by atoms with Gasteiger partial charge in [0, 0.05) is 16.8 Å². The third kappa shape index (κ3) is 3.01. The molecule has 0 atom stereocenters. The summed E-state index contributed by atoms with van der Waals surface area (Å²) in [5, 5.41) is 6.42. The average molecular weight is 297 g/mol. The first-order valence-electron chi connectivity index (χ1n) is 6.59. The Kier molecular flexibility index (Phi) is 3.65. The van der Waals surface area contributed by atoms with E-state index in [4.69, 9.17) is 4.52 Å². The van der Waals surface area contributed by atoms with E-state index in [9.17, 15) is 9.18 Å². The van der Waals surface area contributed by atoms with Crippen molar-refractivity contribution in [1.82, 2.24) is 10.1 Å². The lowest BCUT2D eigenvalue weighted by atomic mass is 10.2. The van der Waals surface area contributed by atoms with E-state index >= 15 is 0 Å². The normalized spacial score (nSPS) is 10.5. The summed E-state index contributed by atoms with van der Waals surface area (Å²) in [6.07, 6.45) is 0. The summed E-state index contributed by atoms with van der Waals surface area (Å²) in [4.78, 5) is 16.1. The zero-order valence-corrected chi connectivity index (χ0v) is 11.7.